The molecule has 1 saturated heterocycles. The van der Waals surface area contributed by atoms with E-state index in [0.717, 1.165) is 29.2 Å². The van der Waals surface area contributed by atoms with Crippen molar-refractivity contribution in [3.63, 3.8) is 0 Å². The van der Waals surface area contributed by atoms with Crippen molar-refractivity contribution in [2.24, 2.45) is 10.6 Å². The monoisotopic (exact) mass is 317 g/mol. The molecule has 2 rings (SSSR count). The van der Waals surface area contributed by atoms with Gasteiger partial charge in [0.2, 0.25) is 15.9 Å². The topological polar surface area (TPSA) is 101 Å². The van der Waals surface area contributed by atoms with Crippen molar-refractivity contribution in [3.05, 3.63) is 17.0 Å². The summed E-state index contributed by atoms with van der Waals surface area (Å²) >= 11 is 1.08. The van der Waals surface area contributed by atoms with Crippen LogP contribution in [0.15, 0.2) is 16.3 Å². The van der Waals surface area contributed by atoms with E-state index in [-0.39, 0.29) is 21.6 Å². The maximum atomic E-state index is 12.1. The largest absolute Gasteiger partial charge is 0.350 e. The molecule has 1 unspecified atom stereocenters. The van der Waals surface area contributed by atoms with E-state index in [0.29, 0.717) is 6.54 Å². The maximum Gasteiger partial charge on any atom is 0.247 e. The van der Waals surface area contributed by atoms with E-state index in [1.807, 2.05) is 0 Å². The number of carbonyl (C=O) groups excluding carboxylic acids is 1. The number of amides is 1. The fourth-order valence-corrected chi connectivity index (χ4v) is 4.01. The van der Waals surface area contributed by atoms with E-state index in [1.165, 1.54) is 6.07 Å². The van der Waals surface area contributed by atoms with Gasteiger partial charge < -0.3 is 10.6 Å². The van der Waals surface area contributed by atoms with Crippen LogP contribution in [0.2, 0.25) is 0 Å². The number of carbonyl (C=O) groups is 1. The molecule has 1 amide bonds. The van der Waals surface area contributed by atoms with Crippen molar-refractivity contribution in [1.29, 1.82) is 0 Å². The average molecular weight is 317 g/mol. The molecule has 4 N–H and O–H groups in total. The first-order valence-corrected chi connectivity index (χ1v) is 8.69. The van der Waals surface area contributed by atoms with Gasteiger partial charge in [0.15, 0.2) is 0 Å². The van der Waals surface area contributed by atoms with Gasteiger partial charge in [0.1, 0.15) is 4.21 Å². The Balaban J connectivity index is 1.96. The molecular formula is C12H19N3O3S2. The highest BCUT2D eigenvalue weighted by molar-refractivity contribution is 7.91. The lowest BCUT2D eigenvalue weighted by Crippen LogP contribution is -2.46. The van der Waals surface area contributed by atoms with Crippen LogP contribution in [0, 0.1) is 5.41 Å². The van der Waals surface area contributed by atoms with E-state index >= 15 is 0 Å². The van der Waals surface area contributed by atoms with Gasteiger partial charge >= 0.3 is 0 Å². The van der Waals surface area contributed by atoms with Gasteiger partial charge in [-0.2, -0.15) is 0 Å². The Morgan fingerprint density at radius 2 is 2.25 bits per heavy atom. The summed E-state index contributed by atoms with van der Waals surface area (Å²) in [5, 5.41) is 11.1. The number of nitrogens with one attached hydrogen (secondary N) is 2. The van der Waals surface area contributed by atoms with Gasteiger partial charge in [-0.25, -0.2) is 13.6 Å². The first kappa shape index (κ1) is 15.4. The maximum absolute atomic E-state index is 12.1. The molecule has 0 bridgehead atoms. The van der Waals surface area contributed by atoms with Gasteiger partial charge in [-0.05, 0) is 30.5 Å². The number of rotatable bonds is 4. The molecule has 0 aromatic carbocycles. The van der Waals surface area contributed by atoms with Crippen molar-refractivity contribution < 1.29 is 13.2 Å². The molecule has 112 valence electrons. The van der Waals surface area contributed by atoms with Crippen LogP contribution >= 0.6 is 11.3 Å². The zero-order valence-electron chi connectivity index (χ0n) is 11.5. The third-order valence-corrected chi connectivity index (χ3v) is 6.04. The van der Waals surface area contributed by atoms with Crippen LogP contribution in [0.3, 0.4) is 0 Å². The summed E-state index contributed by atoms with van der Waals surface area (Å²) in [6, 6.07) is 2.91. The van der Waals surface area contributed by atoms with Gasteiger partial charge in [-0.3, -0.25) is 4.79 Å². The lowest BCUT2D eigenvalue weighted by Gasteiger charge is -2.25. The highest BCUT2D eigenvalue weighted by Crippen LogP contribution is 2.29. The SMILES string of the molecule is CC1(C)CCNC1C(=O)NCc1ccc(S(N)(=O)=O)s1. The predicted octanol–water partition coefficient (Wildman–Crippen LogP) is 0.400. The fourth-order valence-electron chi connectivity index (χ4n) is 2.29. The summed E-state index contributed by atoms with van der Waals surface area (Å²) in [5.41, 5.74) is -0.0642. The van der Waals surface area contributed by atoms with Crippen LogP contribution in [0.4, 0.5) is 0 Å². The summed E-state index contributed by atoms with van der Waals surface area (Å²) < 4.78 is 22.5. The van der Waals surface area contributed by atoms with Crippen LogP contribution in [0.25, 0.3) is 0 Å². The molecule has 0 radical (unpaired) electrons. The molecule has 1 atom stereocenters. The van der Waals surface area contributed by atoms with E-state index in [9.17, 15) is 13.2 Å². The molecule has 20 heavy (non-hydrogen) atoms. The number of sulfonamides is 1. The summed E-state index contributed by atoms with van der Waals surface area (Å²) in [4.78, 5) is 12.9. The molecule has 0 aliphatic carbocycles. The molecule has 1 fully saturated rings. The average Bonchev–Trinajstić information content (AvgIpc) is 2.91. The standard InChI is InChI=1S/C12H19N3O3S2/c1-12(2)5-6-14-10(12)11(16)15-7-8-3-4-9(19-8)20(13,17)18/h3-4,10,14H,5-7H2,1-2H3,(H,15,16)(H2,13,17,18). The molecule has 6 nitrogen and oxygen atoms in total. The lowest BCUT2D eigenvalue weighted by atomic mass is 9.84. The Labute approximate surface area is 122 Å². The zero-order valence-corrected chi connectivity index (χ0v) is 13.1. The number of thiophene rings is 1. The van der Waals surface area contributed by atoms with E-state index in [2.05, 4.69) is 24.5 Å². The van der Waals surface area contributed by atoms with Crippen LogP contribution in [0.1, 0.15) is 25.1 Å². The minimum absolute atomic E-state index is 0.0574. The molecule has 1 aliphatic rings. The predicted molar refractivity (Wildman–Crippen MR) is 77.7 cm³/mol. The Morgan fingerprint density at radius 1 is 1.55 bits per heavy atom. The molecule has 8 heteroatoms. The summed E-state index contributed by atoms with van der Waals surface area (Å²) in [6.07, 6.45) is 0.958. The third kappa shape index (κ3) is 3.38. The molecule has 2 heterocycles. The van der Waals surface area contributed by atoms with Crippen LogP contribution < -0.4 is 15.8 Å². The second-order valence-electron chi connectivity index (χ2n) is 5.61. The molecule has 1 aromatic rings. The Hall–Kier alpha value is -0.960. The summed E-state index contributed by atoms with van der Waals surface area (Å²) in [7, 11) is -3.66. The minimum atomic E-state index is -3.66. The Morgan fingerprint density at radius 3 is 2.75 bits per heavy atom. The van der Waals surface area contributed by atoms with Crippen LogP contribution in [-0.2, 0) is 21.4 Å². The molecule has 1 aromatic heterocycles. The van der Waals surface area contributed by atoms with Crippen molar-refractivity contribution >= 4 is 27.3 Å². The lowest BCUT2D eigenvalue weighted by molar-refractivity contribution is -0.124. The minimum Gasteiger partial charge on any atom is -0.350 e. The van der Waals surface area contributed by atoms with Gasteiger partial charge in [0.05, 0.1) is 12.6 Å². The van der Waals surface area contributed by atoms with Crippen molar-refractivity contribution in [3.8, 4) is 0 Å². The van der Waals surface area contributed by atoms with E-state index in [4.69, 9.17) is 5.14 Å². The fraction of sp³-hybridized carbons (Fsp3) is 0.583. The summed E-state index contributed by atoms with van der Waals surface area (Å²) in [6.45, 7) is 5.26. The van der Waals surface area contributed by atoms with Gasteiger partial charge in [-0.15, -0.1) is 11.3 Å². The number of nitrogens with two attached hydrogens (primary N) is 1. The van der Waals surface area contributed by atoms with Gasteiger partial charge in [-0.1, -0.05) is 13.8 Å². The highest BCUT2D eigenvalue weighted by Gasteiger charge is 2.38. The van der Waals surface area contributed by atoms with E-state index < -0.39 is 10.0 Å². The van der Waals surface area contributed by atoms with Crippen molar-refractivity contribution in [2.45, 2.75) is 37.1 Å². The van der Waals surface area contributed by atoms with Crippen molar-refractivity contribution in [1.82, 2.24) is 10.6 Å². The first-order chi connectivity index (χ1) is 9.20. The Bertz CT molecular complexity index is 607. The number of hydrogen-bond acceptors (Lipinski definition) is 5. The molecular weight excluding hydrogens is 298 g/mol. The smallest absolute Gasteiger partial charge is 0.247 e. The number of primary sulfonamides is 1. The zero-order chi connectivity index (χ0) is 15.0. The molecule has 0 saturated carbocycles. The van der Waals surface area contributed by atoms with Crippen molar-refractivity contribution in [2.75, 3.05) is 6.54 Å². The Kier molecular flexibility index (Phi) is 4.19. The second kappa shape index (κ2) is 5.44. The second-order valence-corrected chi connectivity index (χ2v) is 8.57. The van der Waals surface area contributed by atoms with Crippen LogP contribution in [0.5, 0.6) is 0 Å². The molecule has 1 aliphatic heterocycles. The summed E-state index contributed by atoms with van der Waals surface area (Å²) in [5.74, 6) is -0.0574. The normalized spacial score (nSPS) is 21.9. The van der Waals surface area contributed by atoms with Gasteiger partial charge in [0.25, 0.3) is 0 Å². The third-order valence-electron chi connectivity index (χ3n) is 3.52. The number of hydrogen-bond donors (Lipinski definition) is 3. The molecule has 0 spiro atoms. The first-order valence-electron chi connectivity index (χ1n) is 6.33. The quantitative estimate of drug-likeness (QED) is 0.748. The van der Waals surface area contributed by atoms with Crippen LogP contribution in [-0.4, -0.2) is 26.9 Å². The van der Waals surface area contributed by atoms with Gasteiger partial charge in [0, 0.05) is 4.88 Å². The van der Waals surface area contributed by atoms with E-state index in [1.54, 1.807) is 6.07 Å². The highest BCUT2D eigenvalue weighted by atomic mass is 32.2.